The van der Waals surface area contributed by atoms with E-state index in [1.807, 2.05) is 39.0 Å². The molecule has 102 valence electrons. The molecule has 0 fully saturated rings. The molecule has 1 aromatic carbocycles. The van der Waals surface area contributed by atoms with Gasteiger partial charge in [-0.3, -0.25) is 0 Å². The zero-order valence-corrected chi connectivity index (χ0v) is 12.0. The Morgan fingerprint density at radius 1 is 1.39 bits per heavy atom. The summed E-state index contributed by atoms with van der Waals surface area (Å²) in [4.78, 5) is 0. The standard InChI is InChI=1S/C14H22ClNO2/c1-4-13(9-17)16-8-11-7-12(15)5-6-14(11)18-10(2)3/h5-7,10,13,16-17H,4,8-9H2,1-3H3/t13-/m0/s1. The van der Waals surface area contributed by atoms with Crippen molar-refractivity contribution in [3.8, 4) is 5.75 Å². The van der Waals surface area contributed by atoms with Gasteiger partial charge >= 0.3 is 0 Å². The first-order valence-electron chi connectivity index (χ1n) is 6.36. The van der Waals surface area contributed by atoms with Gasteiger partial charge in [-0.25, -0.2) is 0 Å². The normalized spacial score (nSPS) is 12.8. The lowest BCUT2D eigenvalue weighted by Gasteiger charge is -2.18. The molecule has 0 aliphatic carbocycles. The molecule has 0 spiro atoms. The van der Waals surface area contributed by atoms with Gasteiger partial charge < -0.3 is 15.2 Å². The van der Waals surface area contributed by atoms with Crippen LogP contribution in [0.2, 0.25) is 5.02 Å². The third-order valence-electron chi connectivity index (χ3n) is 2.68. The summed E-state index contributed by atoms with van der Waals surface area (Å²) >= 11 is 6.00. The monoisotopic (exact) mass is 271 g/mol. The van der Waals surface area contributed by atoms with Gasteiger partial charge in [0, 0.05) is 23.2 Å². The van der Waals surface area contributed by atoms with E-state index >= 15 is 0 Å². The largest absolute Gasteiger partial charge is 0.491 e. The minimum absolute atomic E-state index is 0.107. The molecule has 0 aliphatic rings. The molecule has 4 heteroatoms. The number of hydrogen-bond donors (Lipinski definition) is 2. The van der Waals surface area contributed by atoms with Crippen molar-refractivity contribution in [2.45, 2.75) is 45.9 Å². The average Bonchev–Trinajstić information content (AvgIpc) is 2.33. The number of ether oxygens (including phenoxy) is 1. The van der Waals surface area contributed by atoms with Gasteiger partial charge in [-0.2, -0.15) is 0 Å². The third-order valence-corrected chi connectivity index (χ3v) is 2.91. The van der Waals surface area contributed by atoms with E-state index in [9.17, 15) is 0 Å². The maximum absolute atomic E-state index is 9.15. The number of aliphatic hydroxyl groups is 1. The second-order valence-electron chi connectivity index (χ2n) is 4.59. The third kappa shape index (κ3) is 4.84. The molecule has 0 saturated heterocycles. The van der Waals surface area contributed by atoms with E-state index in [1.165, 1.54) is 0 Å². The molecule has 3 nitrogen and oxygen atoms in total. The minimum Gasteiger partial charge on any atom is -0.491 e. The lowest BCUT2D eigenvalue weighted by molar-refractivity contribution is 0.230. The lowest BCUT2D eigenvalue weighted by Crippen LogP contribution is -2.31. The number of halogens is 1. The van der Waals surface area contributed by atoms with Crippen LogP contribution in [-0.4, -0.2) is 23.9 Å². The first-order valence-corrected chi connectivity index (χ1v) is 6.74. The number of rotatable bonds is 7. The zero-order valence-electron chi connectivity index (χ0n) is 11.2. The Hall–Kier alpha value is -0.770. The van der Waals surface area contributed by atoms with Gasteiger partial charge in [0.1, 0.15) is 5.75 Å². The van der Waals surface area contributed by atoms with Crippen LogP contribution in [0.4, 0.5) is 0 Å². The van der Waals surface area contributed by atoms with Crippen LogP contribution >= 0.6 is 11.6 Å². The topological polar surface area (TPSA) is 41.5 Å². The lowest BCUT2D eigenvalue weighted by atomic mass is 10.1. The van der Waals surface area contributed by atoms with Crippen molar-refractivity contribution < 1.29 is 9.84 Å². The van der Waals surface area contributed by atoms with Crippen molar-refractivity contribution in [3.63, 3.8) is 0 Å². The molecule has 18 heavy (non-hydrogen) atoms. The maximum Gasteiger partial charge on any atom is 0.124 e. The summed E-state index contributed by atoms with van der Waals surface area (Å²) < 4.78 is 5.74. The van der Waals surface area contributed by atoms with Crippen molar-refractivity contribution in [1.29, 1.82) is 0 Å². The maximum atomic E-state index is 9.15. The van der Waals surface area contributed by atoms with Gasteiger partial charge in [0.15, 0.2) is 0 Å². The molecule has 0 radical (unpaired) electrons. The Kier molecular flexibility index (Phi) is 6.47. The average molecular weight is 272 g/mol. The molecule has 0 amide bonds. The number of nitrogens with one attached hydrogen (secondary N) is 1. The van der Waals surface area contributed by atoms with Crippen LogP contribution < -0.4 is 10.1 Å². The molecule has 1 aromatic rings. The fourth-order valence-corrected chi connectivity index (χ4v) is 1.84. The number of hydrogen-bond acceptors (Lipinski definition) is 3. The van der Waals surface area contributed by atoms with E-state index in [0.717, 1.165) is 17.7 Å². The molecule has 1 rings (SSSR count). The molecule has 1 atom stereocenters. The van der Waals surface area contributed by atoms with Crippen molar-refractivity contribution in [1.82, 2.24) is 5.32 Å². The highest BCUT2D eigenvalue weighted by Crippen LogP contribution is 2.24. The Morgan fingerprint density at radius 3 is 2.67 bits per heavy atom. The quantitative estimate of drug-likeness (QED) is 0.801. The summed E-state index contributed by atoms with van der Waals surface area (Å²) in [6.07, 6.45) is 1.02. The molecule has 0 bridgehead atoms. The predicted molar refractivity (Wildman–Crippen MR) is 75.2 cm³/mol. The second kappa shape index (κ2) is 7.62. The SMILES string of the molecule is CC[C@@H](CO)NCc1cc(Cl)ccc1OC(C)C. The fourth-order valence-electron chi connectivity index (χ4n) is 1.65. The smallest absolute Gasteiger partial charge is 0.124 e. The second-order valence-corrected chi connectivity index (χ2v) is 5.02. The van der Waals surface area contributed by atoms with E-state index in [4.69, 9.17) is 21.4 Å². The molecule has 2 N–H and O–H groups in total. The summed E-state index contributed by atoms with van der Waals surface area (Å²) in [5.74, 6) is 0.842. The van der Waals surface area contributed by atoms with E-state index < -0.39 is 0 Å². The molecule has 0 saturated carbocycles. The summed E-state index contributed by atoms with van der Waals surface area (Å²) in [6.45, 7) is 6.80. The molecule has 0 aromatic heterocycles. The Morgan fingerprint density at radius 2 is 2.11 bits per heavy atom. The van der Waals surface area contributed by atoms with Crippen LogP contribution in [0.3, 0.4) is 0 Å². The van der Waals surface area contributed by atoms with Gasteiger partial charge in [0.25, 0.3) is 0 Å². The Bertz CT molecular complexity index is 365. The van der Waals surface area contributed by atoms with Gasteiger partial charge in [0.2, 0.25) is 0 Å². The number of benzene rings is 1. The first-order chi connectivity index (χ1) is 8.56. The molecule has 0 heterocycles. The van der Waals surface area contributed by atoms with E-state index in [1.54, 1.807) is 0 Å². The summed E-state index contributed by atoms with van der Waals surface area (Å²) in [7, 11) is 0. The van der Waals surface area contributed by atoms with Crippen LogP contribution in [0, 0.1) is 0 Å². The molecular formula is C14H22ClNO2. The summed E-state index contributed by atoms with van der Waals surface area (Å²) in [5, 5.41) is 13.1. The molecule has 0 unspecified atom stereocenters. The van der Waals surface area contributed by atoms with Crippen molar-refractivity contribution in [2.75, 3.05) is 6.61 Å². The van der Waals surface area contributed by atoms with Crippen LogP contribution in [-0.2, 0) is 6.54 Å². The predicted octanol–water partition coefficient (Wildman–Crippen LogP) is 2.99. The van der Waals surface area contributed by atoms with Crippen LogP contribution in [0.25, 0.3) is 0 Å². The zero-order chi connectivity index (χ0) is 13.5. The highest BCUT2D eigenvalue weighted by molar-refractivity contribution is 6.30. The van der Waals surface area contributed by atoms with Crippen LogP contribution in [0.15, 0.2) is 18.2 Å². The van der Waals surface area contributed by atoms with Crippen LogP contribution in [0.1, 0.15) is 32.8 Å². The van der Waals surface area contributed by atoms with Gasteiger partial charge in [-0.15, -0.1) is 0 Å². The first kappa shape index (κ1) is 15.3. The minimum atomic E-state index is 0.107. The fraction of sp³-hybridized carbons (Fsp3) is 0.571. The summed E-state index contributed by atoms with van der Waals surface area (Å²) in [6, 6.07) is 5.72. The van der Waals surface area contributed by atoms with E-state index in [2.05, 4.69) is 5.32 Å². The van der Waals surface area contributed by atoms with E-state index in [0.29, 0.717) is 11.6 Å². The van der Waals surface area contributed by atoms with Crippen molar-refractivity contribution in [2.24, 2.45) is 0 Å². The molecular weight excluding hydrogens is 250 g/mol. The van der Waals surface area contributed by atoms with Gasteiger partial charge in [-0.05, 0) is 38.5 Å². The Labute approximate surface area is 114 Å². The van der Waals surface area contributed by atoms with E-state index in [-0.39, 0.29) is 18.8 Å². The molecule has 0 aliphatic heterocycles. The van der Waals surface area contributed by atoms with Crippen molar-refractivity contribution in [3.05, 3.63) is 28.8 Å². The van der Waals surface area contributed by atoms with Crippen molar-refractivity contribution >= 4 is 11.6 Å². The Balaban J connectivity index is 2.75. The highest BCUT2D eigenvalue weighted by Gasteiger charge is 2.09. The van der Waals surface area contributed by atoms with Gasteiger partial charge in [-0.1, -0.05) is 18.5 Å². The van der Waals surface area contributed by atoms with Crippen LogP contribution in [0.5, 0.6) is 5.75 Å². The number of aliphatic hydroxyl groups excluding tert-OH is 1. The summed E-state index contributed by atoms with van der Waals surface area (Å²) in [5.41, 5.74) is 1.02. The highest BCUT2D eigenvalue weighted by atomic mass is 35.5. The van der Waals surface area contributed by atoms with Gasteiger partial charge in [0.05, 0.1) is 12.7 Å².